The summed E-state index contributed by atoms with van der Waals surface area (Å²) in [5.41, 5.74) is -0.530. The van der Waals surface area contributed by atoms with Crippen molar-refractivity contribution < 1.29 is 19.2 Å². The minimum Gasteiger partial charge on any atom is -0.468 e. The fraction of sp³-hybridized carbons (Fsp3) is 0.786. The van der Waals surface area contributed by atoms with Gasteiger partial charge in [-0.25, -0.2) is 0 Å². The van der Waals surface area contributed by atoms with Crippen LogP contribution in [0.25, 0.3) is 0 Å². The first-order chi connectivity index (χ1) is 8.99. The Bertz CT molecular complexity index is 337. The number of rotatable bonds is 7. The Morgan fingerprint density at radius 1 is 1.30 bits per heavy atom. The molecule has 0 heterocycles. The number of ether oxygens (including phenoxy) is 1. The molecule has 0 aromatic rings. The van der Waals surface area contributed by atoms with E-state index >= 15 is 0 Å². The van der Waals surface area contributed by atoms with Crippen molar-refractivity contribution in [1.82, 2.24) is 4.90 Å². The minimum atomic E-state index is -0.962. The quantitative estimate of drug-likeness (QED) is 0.567. The van der Waals surface area contributed by atoms with Crippen molar-refractivity contribution in [2.24, 2.45) is 5.41 Å². The molecule has 0 aliphatic rings. The molecule has 6 heteroatoms. The predicted octanol–water partition coefficient (Wildman–Crippen LogP) is 1.51. The normalized spacial score (nSPS) is 13.1. The summed E-state index contributed by atoms with van der Waals surface area (Å²) in [6.45, 7) is 10.8. The lowest BCUT2D eigenvalue weighted by Gasteiger charge is -2.39. The zero-order chi connectivity index (χ0) is 16.0. The van der Waals surface area contributed by atoms with Gasteiger partial charge in [-0.3, -0.25) is 9.69 Å². The van der Waals surface area contributed by atoms with Gasteiger partial charge in [0.25, 0.3) is 0 Å². The highest BCUT2D eigenvalue weighted by Crippen LogP contribution is 2.33. The van der Waals surface area contributed by atoms with Gasteiger partial charge in [-0.05, 0) is 26.3 Å². The van der Waals surface area contributed by atoms with E-state index in [4.69, 9.17) is 4.65 Å². The molecule has 1 N–H and O–H groups in total. The van der Waals surface area contributed by atoms with Crippen molar-refractivity contribution in [1.29, 1.82) is 0 Å². The summed E-state index contributed by atoms with van der Waals surface area (Å²) >= 11 is 0. The fourth-order valence-corrected chi connectivity index (χ4v) is 1.22. The van der Waals surface area contributed by atoms with E-state index in [9.17, 15) is 9.82 Å². The van der Waals surface area contributed by atoms with Crippen LogP contribution in [0.1, 0.15) is 34.6 Å². The van der Waals surface area contributed by atoms with Crippen molar-refractivity contribution in [2.45, 2.75) is 40.2 Å². The summed E-state index contributed by atoms with van der Waals surface area (Å²) in [7, 11) is 2.20. The van der Waals surface area contributed by atoms with E-state index in [0.29, 0.717) is 6.54 Å². The van der Waals surface area contributed by atoms with Crippen molar-refractivity contribution in [3.8, 4) is 0 Å². The van der Waals surface area contributed by atoms with Crippen molar-refractivity contribution in [2.75, 3.05) is 27.2 Å². The van der Waals surface area contributed by atoms with E-state index in [2.05, 4.69) is 25.5 Å². The molecule has 20 heavy (non-hydrogen) atoms. The Hall–Kier alpha value is -0.845. The number of esters is 1. The van der Waals surface area contributed by atoms with Gasteiger partial charge in [-0.1, -0.05) is 32.8 Å². The molecule has 0 aliphatic carbocycles. The van der Waals surface area contributed by atoms with Crippen molar-refractivity contribution in [3.63, 3.8) is 0 Å². The molecule has 0 rings (SSSR count). The Kier molecular flexibility index (Phi) is 7.48. The van der Waals surface area contributed by atoms with Crippen LogP contribution in [0.15, 0.2) is 12.1 Å². The van der Waals surface area contributed by atoms with E-state index in [1.165, 1.54) is 7.11 Å². The van der Waals surface area contributed by atoms with E-state index in [-0.39, 0.29) is 17.9 Å². The second kappa shape index (κ2) is 7.81. The van der Waals surface area contributed by atoms with Gasteiger partial charge in [0, 0.05) is 6.54 Å². The highest BCUT2D eigenvalue weighted by Gasteiger charge is 2.36. The molecule has 116 valence electrons. The number of methoxy groups -OCH3 is 1. The molecule has 5 nitrogen and oxygen atoms in total. The number of carbonyl (C=O) groups excluding carboxylic acids is 1. The molecule has 0 aliphatic heterocycles. The van der Waals surface area contributed by atoms with Gasteiger partial charge in [-0.2, -0.15) is 0 Å². The topological polar surface area (TPSA) is 59.0 Å². The van der Waals surface area contributed by atoms with Gasteiger partial charge in [0.15, 0.2) is 0 Å². The van der Waals surface area contributed by atoms with Gasteiger partial charge in [0.05, 0.1) is 19.3 Å². The van der Waals surface area contributed by atoms with Crippen LogP contribution in [-0.4, -0.2) is 55.9 Å². The average Bonchev–Trinajstić information content (AvgIpc) is 2.26. The molecule has 0 amide bonds. The van der Waals surface area contributed by atoms with Crippen LogP contribution in [0.5, 0.6) is 0 Å². The van der Waals surface area contributed by atoms with E-state index in [1.807, 2.05) is 13.8 Å². The van der Waals surface area contributed by atoms with Crippen LogP contribution in [0.2, 0.25) is 0 Å². The van der Waals surface area contributed by atoms with Gasteiger partial charge < -0.3 is 14.4 Å². The Labute approximate surface area is 123 Å². The average molecular weight is 285 g/mol. The molecule has 0 atom stereocenters. The largest absolute Gasteiger partial charge is 0.483 e. The number of nitrogens with zero attached hydrogens (tertiary/aromatic N) is 1. The number of likely N-dealkylation sites (N-methyl/N-ethyl adjacent to an activating group) is 1. The Morgan fingerprint density at radius 2 is 1.85 bits per heavy atom. The smallest absolute Gasteiger partial charge is 0.468 e. The molecule has 0 fully saturated rings. The molecule has 0 bridgehead atoms. The first kappa shape index (κ1) is 19.2. The predicted molar refractivity (Wildman–Crippen MR) is 81.2 cm³/mol. The second-order valence-corrected chi connectivity index (χ2v) is 6.47. The summed E-state index contributed by atoms with van der Waals surface area (Å²) in [6.07, 6.45) is 1.77. The van der Waals surface area contributed by atoms with Crippen LogP contribution in [0.3, 0.4) is 0 Å². The standard InChI is InChI=1S/C14H28BNO4/c1-13(2,3)14(4,5)20-15(18)9-8-10-16(6)11-12(17)19-7/h8-9,18H,10-11H2,1-7H3/b9-8+. The molecule has 0 aromatic carbocycles. The fourth-order valence-electron chi connectivity index (χ4n) is 1.22. The molecule has 0 aromatic heterocycles. The van der Waals surface area contributed by atoms with Crippen LogP contribution >= 0.6 is 0 Å². The molecular weight excluding hydrogens is 257 g/mol. The second-order valence-electron chi connectivity index (χ2n) is 6.47. The molecule has 0 saturated carbocycles. The monoisotopic (exact) mass is 285 g/mol. The molecule has 0 unspecified atom stereocenters. The van der Waals surface area contributed by atoms with Crippen LogP contribution in [0.4, 0.5) is 0 Å². The third-order valence-electron chi connectivity index (χ3n) is 3.57. The third-order valence-corrected chi connectivity index (χ3v) is 3.57. The summed E-state index contributed by atoms with van der Waals surface area (Å²) in [5.74, 6) is 1.30. The molecule has 0 radical (unpaired) electrons. The first-order valence-electron chi connectivity index (χ1n) is 6.77. The van der Waals surface area contributed by atoms with E-state index < -0.39 is 12.7 Å². The van der Waals surface area contributed by atoms with Crippen molar-refractivity contribution in [3.05, 3.63) is 12.1 Å². The number of hydrogen-bond donors (Lipinski definition) is 1. The van der Waals surface area contributed by atoms with Crippen LogP contribution < -0.4 is 0 Å². The lowest BCUT2D eigenvalue weighted by Crippen LogP contribution is -2.43. The van der Waals surface area contributed by atoms with Gasteiger partial charge in [-0.15, -0.1) is 0 Å². The SMILES string of the molecule is COC(=O)CN(C)C/C=C/B(O)OC(C)(C)C(C)(C)C. The highest BCUT2D eigenvalue weighted by atomic mass is 16.5. The first-order valence-corrected chi connectivity index (χ1v) is 6.77. The van der Waals surface area contributed by atoms with Gasteiger partial charge >= 0.3 is 13.1 Å². The maximum atomic E-state index is 11.1. The maximum absolute atomic E-state index is 11.1. The van der Waals surface area contributed by atoms with Crippen LogP contribution in [0, 0.1) is 5.41 Å². The van der Waals surface area contributed by atoms with Gasteiger partial charge in [0.2, 0.25) is 0 Å². The zero-order valence-corrected chi connectivity index (χ0v) is 13.8. The summed E-state index contributed by atoms with van der Waals surface area (Å²) < 4.78 is 10.2. The van der Waals surface area contributed by atoms with Crippen molar-refractivity contribution >= 4 is 13.1 Å². The minimum absolute atomic E-state index is 0.0799. The molecular formula is C14H28BNO4. The summed E-state index contributed by atoms with van der Waals surface area (Å²) in [4.78, 5) is 12.8. The summed E-state index contributed by atoms with van der Waals surface area (Å²) in [5, 5.41) is 9.87. The lowest BCUT2D eigenvalue weighted by atomic mass is 9.76. The Balaban J connectivity index is 4.24. The lowest BCUT2D eigenvalue weighted by molar-refractivity contribution is -0.141. The van der Waals surface area contributed by atoms with Gasteiger partial charge in [0.1, 0.15) is 0 Å². The maximum Gasteiger partial charge on any atom is 0.483 e. The molecule has 0 saturated heterocycles. The van der Waals surface area contributed by atoms with E-state index in [1.54, 1.807) is 24.0 Å². The number of carbonyl (C=O) groups is 1. The highest BCUT2D eigenvalue weighted by molar-refractivity contribution is 6.49. The zero-order valence-electron chi connectivity index (χ0n) is 13.8. The third kappa shape index (κ3) is 7.08. The Morgan fingerprint density at radius 3 is 2.30 bits per heavy atom. The summed E-state index contributed by atoms with van der Waals surface area (Å²) in [6, 6.07) is 0. The number of hydrogen-bond acceptors (Lipinski definition) is 5. The molecule has 0 spiro atoms. The van der Waals surface area contributed by atoms with Crippen LogP contribution in [-0.2, 0) is 14.2 Å². The van der Waals surface area contributed by atoms with E-state index in [0.717, 1.165) is 0 Å².